The van der Waals surface area contributed by atoms with Gasteiger partial charge in [0.15, 0.2) is 5.11 Å². The second-order valence-electron chi connectivity index (χ2n) is 14.2. The predicted octanol–water partition coefficient (Wildman–Crippen LogP) is 7.36. The second-order valence-corrected chi connectivity index (χ2v) is 14.7. The van der Waals surface area contributed by atoms with Gasteiger partial charge in [-0.15, -0.1) is 0 Å². The van der Waals surface area contributed by atoms with E-state index in [1.54, 1.807) is 46.6 Å². The number of hydrogen-bond acceptors (Lipinski definition) is 10. The molecule has 10 nitrogen and oxygen atoms in total. The van der Waals surface area contributed by atoms with E-state index in [0.29, 0.717) is 5.11 Å². The SMILES string of the molecule is Nc1ccc(N2CCC(N3CCCCC3)CC2)cc1.S=C(n1ccnc1)n1ccnc1.S=C=Nc1ccc(N2CCC(N3CCCCC3)CC2)cc1. The molecule has 0 spiro atoms. The maximum absolute atomic E-state index is 5.75. The zero-order valence-electron chi connectivity index (χ0n) is 30.4. The van der Waals surface area contributed by atoms with Gasteiger partial charge in [-0.05, 0) is 151 Å². The Kier molecular flexibility index (Phi) is 14.4. The molecule has 0 saturated carbocycles. The first kappa shape index (κ1) is 37.8. The van der Waals surface area contributed by atoms with E-state index in [1.165, 1.54) is 115 Å². The first-order chi connectivity index (χ1) is 25.6. The first-order valence-corrected chi connectivity index (χ1v) is 19.9. The summed E-state index contributed by atoms with van der Waals surface area (Å²) in [5.74, 6) is 0. The summed E-state index contributed by atoms with van der Waals surface area (Å²) in [4.78, 5) is 22.2. The minimum Gasteiger partial charge on any atom is -0.399 e. The zero-order chi connectivity index (χ0) is 36.0. The number of likely N-dealkylation sites (tertiary alicyclic amines) is 2. The van der Waals surface area contributed by atoms with E-state index in [-0.39, 0.29) is 0 Å². The number of aromatic nitrogens is 4. The van der Waals surface area contributed by atoms with Crippen molar-refractivity contribution in [3.8, 4) is 0 Å². The lowest BCUT2D eigenvalue weighted by Crippen LogP contribution is -2.46. The number of rotatable bonds is 5. The van der Waals surface area contributed by atoms with Crippen LogP contribution in [0.4, 0.5) is 22.7 Å². The fourth-order valence-corrected chi connectivity index (χ4v) is 8.22. The van der Waals surface area contributed by atoms with Crippen LogP contribution in [0.15, 0.2) is 91.0 Å². The number of aliphatic imine (C=N–C) groups is 1. The number of hydrogen-bond donors (Lipinski definition) is 1. The molecule has 0 bridgehead atoms. The van der Waals surface area contributed by atoms with Gasteiger partial charge in [0, 0.05) is 80.1 Å². The molecule has 0 radical (unpaired) electrons. The van der Waals surface area contributed by atoms with Crippen LogP contribution in [-0.4, -0.2) is 104 Å². The molecular formula is C40H54N10S2. The summed E-state index contributed by atoms with van der Waals surface area (Å²) >= 11 is 9.78. The van der Waals surface area contributed by atoms with Crippen LogP contribution in [-0.2, 0) is 0 Å². The Morgan fingerprint density at radius 2 is 1.04 bits per heavy atom. The highest BCUT2D eigenvalue weighted by Crippen LogP contribution is 2.27. The molecule has 276 valence electrons. The van der Waals surface area contributed by atoms with Crippen LogP contribution >= 0.6 is 24.4 Å². The predicted molar refractivity (Wildman–Crippen MR) is 221 cm³/mol. The lowest BCUT2D eigenvalue weighted by molar-refractivity contribution is 0.141. The van der Waals surface area contributed by atoms with Crippen molar-refractivity contribution >= 4 is 57.5 Å². The number of thiocarbonyl (C=S) groups is 2. The van der Waals surface area contributed by atoms with Crippen LogP contribution in [0.5, 0.6) is 0 Å². The lowest BCUT2D eigenvalue weighted by atomic mass is 9.99. The third-order valence-electron chi connectivity index (χ3n) is 10.8. The number of piperidine rings is 4. The molecule has 4 aromatic rings. The van der Waals surface area contributed by atoms with Crippen molar-refractivity contribution in [1.82, 2.24) is 28.9 Å². The Labute approximate surface area is 320 Å². The molecule has 0 amide bonds. The highest BCUT2D eigenvalue weighted by molar-refractivity contribution is 7.80. The monoisotopic (exact) mass is 738 g/mol. The number of nitrogen functional groups attached to an aromatic ring is 1. The summed E-state index contributed by atoms with van der Waals surface area (Å²) in [5, 5.41) is 3.06. The van der Waals surface area contributed by atoms with Gasteiger partial charge in [-0.3, -0.25) is 9.13 Å². The average molecular weight is 739 g/mol. The van der Waals surface area contributed by atoms with Gasteiger partial charge in [0.05, 0.1) is 10.8 Å². The Morgan fingerprint density at radius 3 is 1.42 bits per heavy atom. The van der Waals surface area contributed by atoms with Gasteiger partial charge in [0.2, 0.25) is 0 Å². The minimum atomic E-state index is 0.644. The normalized spacial score (nSPS) is 19.1. The topological polar surface area (TPSA) is 87.0 Å². The van der Waals surface area contributed by atoms with Crippen LogP contribution < -0.4 is 15.5 Å². The highest BCUT2D eigenvalue weighted by atomic mass is 32.1. The maximum atomic E-state index is 5.75. The van der Waals surface area contributed by atoms with Crippen LogP contribution in [0.1, 0.15) is 64.2 Å². The van der Waals surface area contributed by atoms with Crippen LogP contribution in [0.25, 0.3) is 0 Å². The molecule has 2 aromatic carbocycles. The largest absolute Gasteiger partial charge is 0.399 e. The van der Waals surface area contributed by atoms with Gasteiger partial charge in [-0.2, -0.15) is 4.99 Å². The Bertz CT molecular complexity index is 1610. The standard InChI is InChI=1S/C17H23N3S.C16H25N3.C7H6N4S/c21-14-18-15-4-6-16(7-5-15)20-12-8-17(9-13-20)19-10-2-1-3-11-19;17-14-4-6-15(7-5-14)19-12-8-16(9-13-19)18-10-2-1-3-11-18;12-7(10-3-1-8-5-10)11-4-2-9-6-11/h4-7,17H,1-3,8-13H2;4-7,16H,1-3,8-13,17H2;1-6H. The van der Waals surface area contributed by atoms with Gasteiger partial charge < -0.3 is 25.3 Å². The van der Waals surface area contributed by atoms with Crippen molar-refractivity contribution in [1.29, 1.82) is 0 Å². The van der Waals surface area contributed by atoms with E-state index in [2.05, 4.69) is 76.2 Å². The molecule has 4 aliphatic heterocycles. The molecule has 2 N–H and O–H groups in total. The van der Waals surface area contributed by atoms with Crippen molar-refractivity contribution in [3.05, 3.63) is 86.0 Å². The quantitative estimate of drug-likeness (QED) is 0.128. The van der Waals surface area contributed by atoms with E-state index in [9.17, 15) is 0 Å². The number of nitrogens with two attached hydrogens (primary N) is 1. The Balaban J connectivity index is 0.000000139. The second kappa shape index (κ2) is 19.8. The molecule has 0 atom stereocenters. The molecular weight excluding hydrogens is 685 g/mol. The van der Waals surface area contributed by atoms with E-state index in [0.717, 1.165) is 36.5 Å². The summed E-state index contributed by atoms with van der Waals surface area (Å²) in [6.07, 6.45) is 23.9. The smallest absolute Gasteiger partial charge is 0.190 e. The molecule has 8 rings (SSSR count). The average Bonchev–Trinajstić information content (AvgIpc) is 3.96. The highest BCUT2D eigenvalue weighted by Gasteiger charge is 2.26. The summed E-state index contributed by atoms with van der Waals surface area (Å²) < 4.78 is 3.49. The maximum Gasteiger partial charge on any atom is 0.190 e. The van der Waals surface area contributed by atoms with Crippen LogP contribution in [0.2, 0.25) is 0 Å². The van der Waals surface area contributed by atoms with Gasteiger partial charge in [-0.25, -0.2) is 9.97 Å². The van der Waals surface area contributed by atoms with Gasteiger partial charge in [0.1, 0.15) is 12.7 Å². The Hall–Kier alpha value is -3.93. The van der Waals surface area contributed by atoms with Gasteiger partial charge in [0.25, 0.3) is 0 Å². The van der Waals surface area contributed by atoms with Crippen molar-refractivity contribution in [3.63, 3.8) is 0 Å². The first-order valence-electron chi connectivity index (χ1n) is 19.1. The van der Waals surface area contributed by atoms with Crippen LogP contribution in [0.3, 0.4) is 0 Å². The minimum absolute atomic E-state index is 0.644. The van der Waals surface area contributed by atoms with E-state index < -0.39 is 0 Å². The number of imidazole rings is 2. The van der Waals surface area contributed by atoms with Crippen LogP contribution in [0, 0.1) is 0 Å². The molecule has 4 aliphatic rings. The Morgan fingerprint density at radius 1 is 0.615 bits per heavy atom. The summed E-state index contributed by atoms with van der Waals surface area (Å²) in [6, 6.07) is 18.3. The molecule has 4 fully saturated rings. The van der Waals surface area contributed by atoms with E-state index in [4.69, 9.17) is 18.0 Å². The van der Waals surface area contributed by atoms with Crippen molar-refractivity contribution in [2.24, 2.45) is 4.99 Å². The zero-order valence-corrected chi connectivity index (χ0v) is 32.0. The van der Waals surface area contributed by atoms with Gasteiger partial charge >= 0.3 is 0 Å². The van der Waals surface area contributed by atoms with Crippen molar-refractivity contribution in [2.45, 2.75) is 76.3 Å². The summed E-state index contributed by atoms with van der Waals surface area (Å²) in [6.45, 7) is 9.98. The number of nitrogens with zero attached hydrogens (tertiary/aromatic N) is 9. The molecule has 12 heteroatoms. The van der Waals surface area contributed by atoms with E-state index >= 15 is 0 Å². The molecule has 6 heterocycles. The third kappa shape index (κ3) is 10.8. The molecule has 0 aliphatic carbocycles. The lowest BCUT2D eigenvalue weighted by Gasteiger charge is -2.41. The number of anilines is 3. The molecule has 2 aromatic heterocycles. The van der Waals surface area contributed by atoms with E-state index in [1.807, 2.05) is 24.3 Å². The van der Waals surface area contributed by atoms with Crippen molar-refractivity contribution in [2.75, 3.05) is 67.9 Å². The summed E-state index contributed by atoms with van der Waals surface area (Å²) in [7, 11) is 0. The molecule has 0 unspecified atom stereocenters. The fourth-order valence-electron chi connectivity index (χ4n) is 7.90. The molecule has 52 heavy (non-hydrogen) atoms. The van der Waals surface area contributed by atoms with Crippen molar-refractivity contribution < 1.29 is 0 Å². The van der Waals surface area contributed by atoms with Gasteiger partial charge in [-0.1, -0.05) is 12.8 Å². The molecule has 4 saturated heterocycles. The fraction of sp³-hybridized carbons (Fsp3) is 0.500. The summed E-state index contributed by atoms with van der Waals surface area (Å²) in [5.41, 5.74) is 10.1. The number of benzene rings is 2. The third-order valence-corrected chi connectivity index (χ3v) is 11.4. The number of isothiocyanates is 1.